The Balaban J connectivity index is 1.39. The van der Waals surface area contributed by atoms with Gasteiger partial charge >= 0.3 is 6.18 Å². The molecule has 5 nitrogen and oxygen atoms in total. The van der Waals surface area contributed by atoms with Gasteiger partial charge in [0, 0.05) is 17.4 Å². The van der Waals surface area contributed by atoms with E-state index in [0.717, 1.165) is 35.0 Å². The van der Waals surface area contributed by atoms with Crippen LogP contribution in [0.25, 0.3) is 11.3 Å². The monoisotopic (exact) mass is 410 g/mol. The summed E-state index contributed by atoms with van der Waals surface area (Å²) in [6.07, 6.45) is -3.35. The van der Waals surface area contributed by atoms with Crippen LogP contribution in [0.2, 0.25) is 0 Å². The van der Waals surface area contributed by atoms with Gasteiger partial charge in [0.2, 0.25) is 0 Å². The van der Waals surface area contributed by atoms with Crippen LogP contribution in [0.3, 0.4) is 0 Å². The van der Waals surface area contributed by atoms with E-state index in [4.69, 9.17) is 4.74 Å². The smallest absolute Gasteiger partial charge is 0.433 e. The number of nitrogens with one attached hydrogen (secondary N) is 2. The highest BCUT2D eigenvalue weighted by molar-refractivity contribution is 5.60. The third-order valence-electron chi connectivity index (χ3n) is 4.29. The molecule has 30 heavy (non-hydrogen) atoms. The zero-order valence-corrected chi connectivity index (χ0v) is 15.6. The highest BCUT2D eigenvalue weighted by Gasteiger charge is 2.32. The summed E-state index contributed by atoms with van der Waals surface area (Å²) in [5.41, 5.74) is 1.75. The third-order valence-corrected chi connectivity index (χ3v) is 4.29. The molecule has 0 fully saturated rings. The maximum absolute atomic E-state index is 12.8. The number of benzene rings is 2. The Kier molecular flexibility index (Phi) is 5.38. The number of nitrogens with zero attached hydrogens (tertiary/aromatic N) is 2. The second-order valence-corrected chi connectivity index (χ2v) is 6.50. The summed E-state index contributed by atoms with van der Waals surface area (Å²) in [5, 5.41) is 10.1. The molecule has 0 unspecified atom stereocenters. The van der Waals surface area contributed by atoms with Gasteiger partial charge in [0.15, 0.2) is 0 Å². The van der Waals surface area contributed by atoms with Crippen molar-refractivity contribution in [1.29, 1.82) is 0 Å². The van der Waals surface area contributed by atoms with Gasteiger partial charge in [-0.3, -0.25) is 10.1 Å². The number of pyridine rings is 1. The summed E-state index contributed by atoms with van der Waals surface area (Å²) in [4.78, 5) is 3.35. The Morgan fingerprint density at radius 3 is 2.37 bits per heavy atom. The lowest BCUT2D eigenvalue weighted by Gasteiger charge is -2.08. The lowest BCUT2D eigenvalue weighted by molar-refractivity contribution is -0.141. The maximum Gasteiger partial charge on any atom is 0.433 e. The van der Waals surface area contributed by atoms with Crippen LogP contribution in [0.5, 0.6) is 11.5 Å². The minimum absolute atomic E-state index is 0.295. The molecule has 0 aliphatic heterocycles. The molecule has 2 N–H and O–H groups in total. The SMILES string of the molecule is FC(F)(F)c1cc(NCc2cc(-c3ccc(Oc4ccccc4)cc3)n[nH]2)ccn1. The van der Waals surface area contributed by atoms with Crippen LogP contribution >= 0.6 is 0 Å². The Labute approximate surface area is 170 Å². The number of rotatable bonds is 6. The van der Waals surface area contributed by atoms with Crippen molar-refractivity contribution in [2.24, 2.45) is 0 Å². The molecule has 0 amide bonds. The summed E-state index contributed by atoms with van der Waals surface area (Å²) in [7, 11) is 0. The standard InChI is InChI=1S/C22H17F3N4O/c23-22(24,25)21-13-16(10-11-26-21)27-14-17-12-20(29-28-17)15-6-8-19(9-7-15)30-18-4-2-1-3-5-18/h1-13H,14H2,(H,26,27)(H,28,29). The van der Waals surface area contributed by atoms with E-state index in [1.807, 2.05) is 60.7 Å². The summed E-state index contributed by atoms with van der Waals surface area (Å²) >= 11 is 0. The number of aromatic nitrogens is 3. The van der Waals surface area contributed by atoms with Crippen molar-refractivity contribution < 1.29 is 17.9 Å². The molecule has 0 aliphatic rings. The molecule has 0 saturated heterocycles. The average Bonchev–Trinajstić information content (AvgIpc) is 3.22. The second-order valence-electron chi connectivity index (χ2n) is 6.50. The van der Waals surface area contributed by atoms with E-state index in [2.05, 4.69) is 20.5 Å². The molecule has 0 spiro atoms. The third kappa shape index (κ3) is 4.78. The van der Waals surface area contributed by atoms with Crippen LogP contribution < -0.4 is 10.1 Å². The highest BCUT2D eigenvalue weighted by atomic mass is 19.4. The number of aromatic amines is 1. The number of H-pyrrole nitrogens is 1. The van der Waals surface area contributed by atoms with Gasteiger partial charge in [0.25, 0.3) is 0 Å². The largest absolute Gasteiger partial charge is 0.457 e. The van der Waals surface area contributed by atoms with Crippen molar-refractivity contribution >= 4 is 5.69 Å². The number of anilines is 1. The van der Waals surface area contributed by atoms with Crippen LogP contribution in [0.4, 0.5) is 18.9 Å². The van der Waals surface area contributed by atoms with Crippen molar-refractivity contribution in [3.63, 3.8) is 0 Å². The minimum atomic E-state index is -4.48. The van der Waals surface area contributed by atoms with Crippen molar-refractivity contribution in [1.82, 2.24) is 15.2 Å². The number of para-hydroxylation sites is 1. The zero-order valence-electron chi connectivity index (χ0n) is 15.6. The topological polar surface area (TPSA) is 62.8 Å². The minimum Gasteiger partial charge on any atom is -0.457 e. The molecule has 2 aromatic heterocycles. The fraction of sp³-hybridized carbons (Fsp3) is 0.0909. The molecular weight excluding hydrogens is 393 g/mol. The molecule has 8 heteroatoms. The molecule has 4 rings (SSSR count). The van der Waals surface area contributed by atoms with Crippen molar-refractivity contribution in [2.45, 2.75) is 12.7 Å². The first-order valence-corrected chi connectivity index (χ1v) is 9.12. The van der Waals surface area contributed by atoms with Gasteiger partial charge in [-0.25, -0.2) is 0 Å². The molecule has 0 aliphatic carbocycles. The van der Waals surface area contributed by atoms with E-state index in [-0.39, 0.29) is 0 Å². The van der Waals surface area contributed by atoms with Gasteiger partial charge in [-0.15, -0.1) is 0 Å². The molecule has 4 aromatic rings. The summed E-state index contributed by atoms with van der Waals surface area (Å²) in [6.45, 7) is 0.295. The highest BCUT2D eigenvalue weighted by Crippen LogP contribution is 2.29. The first kappa shape index (κ1) is 19.5. The van der Waals surface area contributed by atoms with Crippen LogP contribution in [0.15, 0.2) is 79.0 Å². The van der Waals surface area contributed by atoms with Gasteiger partial charge in [0.1, 0.15) is 17.2 Å². The van der Waals surface area contributed by atoms with E-state index in [0.29, 0.717) is 18.0 Å². The summed E-state index contributed by atoms with van der Waals surface area (Å²) in [6, 6.07) is 21.3. The Hall–Kier alpha value is -3.81. The summed E-state index contributed by atoms with van der Waals surface area (Å²) in [5.74, 6) is 1.46. The predicted molar refractivity (Wildman–Crippen MR) is 107 cm³/mol. The van der Waals surface area contributed by atoms with Crippen molar-refractivity contribution in [3.8, 4) is 22.8 Å². The van der Waals surface area contributed by atoms with E-state index >= 15 is 0 Å². The molecular formula is C22H17F3N4O. The van der Waals surface area contributed by atoms with Crippen LogP contribution in [-0.4, -0.2) is 15.2 Å². The molecule has 152 valence electrons. The lowest BCUT2D eigenvalue weighted by Crippen LogP contribution is -2.09. The van der Waals surface area contributed by atoms with Gasteiger partial charge in [-0.05, 0) is 54.6 Å². The van der Waals surface area contributed by atoms with E-state index < -0.39 is 11.9 Å². The second kappa shape index (κ2) is 8.28. The average molecular weight is 410 g/mol. The van der Waals surface area contributed by atoms with Crippen molar-refractivity contribution in [2.75, 3.05) is 5.32 Å². The van der Waals surface area contributed by atoms with E-state index in [9.17, 15) is 13.2 Å². The molecule has 0 radical (unpaired) electrons. The first-order chi connectivity index (χ1) is 14.5. The Bertz CT molecular complexity index is 1110. The quantitative estimate of drug-likeness (QED) is 0.416. The van der Waals surface area contributed by atoms with Gasteiger partial charge in [-0.2, -0.15) is 18.3 Å². The van der Waals surface area contributed by atoms with E-state index in [1.54, 1.807) is 0 Å². The fourth-order valence-electron chi connectivity index (χ4n) is 2.81. The van der Waals surface area contributed by atoms with Crippen LogP contribution in [-0.2, 0) is 12.7 Å². The molecule has 0 bridgehead atoms. The number of hydrogen-bond donors (Lipinski definition) is 2. The van der Waals surface area contributed by atoms with Crippen molar-refractivity contribution in [3.05, 3.63) is 90.4 Å². The lowest BCUT2D eigenvalue weighted by atomic mass is 10.1. The molecule has 2 heterocycles. The Morgan fingerprint density at radius 2 is 1.63 bits per heavy atom. The first-order valence-electron chi connectivity index (χ1n) is 9.12. The number of ether oxygens (including phenoxy) is 1. The van der Waals surface area contributed by atoms with Crippen LogP contribution in [0, 0.1) is 0 Å². The van der Waals surface area contributed by atoms with Gasteiger partial charge in [-0.1, -0.05) is 18.2 Å². The zero-order chi connectivity index (χ0) is 21.0. The van der Waals surface area contributed by atoms with E-state index in [1.165, 1.54) is 6.07 Å². The predicted octanol–water partition coefficient (Wildman–Crippen LogP) is 5.89. The number of hydrogen-bond acceptors (Lipinski definition) is 4. The molecule has 2 aromatic carbocycles. The molecule has 0 saturated carbocycles. The van der Waals surface area contributed by atoms with Gasteiger partial charge < -0.3 is 10.1 Å². The fourth-order valence-corrected chi connectivity index (χ4v) is 2.81. The number of alkyl halides is 3. The normalized spacial score (nSPS) is 11.3. The molecule has 0 atom stereocenters. The van der Waals surface area contributed by atoms with Gasteiger partial charge in [0.05, 0.1) is 17.9 Å². The Morgan fingerprint density at radius 1 is 0.900 bits per heavy atom. The van der Waals surface area contributed by atoms with Crippen LogP contribution in [0.1, 0.15) is 11.4 Å². The maximum atomic E-state index is 12.8. The number of halogens is 3. The summed E-state index contributed by atoms with van der Waals surface area (Å²) < 4.78 is 44.0.